The van der Waals surface area contributed by atoms with Gasteiger partial charge < -0.3 is 5.11 Å². The predicted molar refractivity (Wildman–Crippen MR) is 87.5 cm³/mol. The Bertz CT molecular complexity index is 901. The number of aryl methyl sites for hydroxylation is 2. The summed E-state index contributed by atoms with van der Waals surface area (Å²) in [5, 5.41) is 14.5. The molecule has 5 heteroatoms. The van der Waals surface area contributed by atoms with Crippen LogP contribution in [0.15, 0.2) is 59.4 Å². The molecule has 0 bridgehead atoms. The van der Waals surface area contributed by atoms with E-state index in [-0.39, 0.29) is 12.0 Å². The van der Waals surface area contributed by atoms with E-state index < -0.39 is 5.97 Å². The number of hydrogen-bond acceptors (Lipinski definition) is 3. The van der Waals surface area contributed by atoms with E-state index in [1.807, 2.05) is 30.3 Å². The normalized spacial score (nSPS) is 10.8. The van der Waals surface area contributed by atoms with Crippen molar-refractivity contribution in [3.05, 3.63) is 76.2 Å². The molecule has 1 aromatic heterocycles. The minimum atomic E-state index is -0.962. The first kappa shape index (κ1) is 15.0. The highest BCUT2D eigenvalue weighted by Gasteiger charge is 2.12. The van der Waals surface area contributed by atoms with Gasteiger partial charge in [0.05, 0.1) is 17.5 Å². The second-order valence-corrected chi connectivity index (χ2v) is 5.33. The Morgan fingerprint density at radius 1 is 1.00 bits per heavy atom. The van der Waals surface area contributed by atoms with Crippen LogP contribution in [-0.2, 0) is 24.2 Å². The maximum absolute atomic E-state index is 12.5. The molecule has 0 aliphatic carbocycles. The SMILES string of the molecule is O=C(O)Cc1nn(CCc2ccccc2)c(=O)c2ccccc12. The Hall–Kier alpha value is -2.95. The monoisotopic (exact) mass is 308 g/mol. The quantitative estimate of drug-likeness (QED) is 0.785. The van der Waals surface area contributed by atoms with Crippen LogP contribution in [0.2, 0.25) is 0 Å². The molecule has 23 heavy (non-hydrogen) atoms. The van der Waals surface area contributed by atoms with E-state index in [1.165, 1.54) is 4.68 Å². The number of carboxylic acids is 1. The van der Waals surface area contributed by atoms with Gasteiger partial charge in [-0.15, -0.1) is 0 Å². The smallest absolute Gasteiger partial charge is 0.309 e. The van der Waals surface area contributed by atoms with E-state index in [4.69, 9.17) is 5.11 Å². The van der Waals surface area contributed by atoms with Crippen LogP contribution in [-0.4, -0.2) is 20.9 Å². The van der Waals surface area contributed by atoms with Crippen LogP contribution >= 0.6 is 0 Å². The van der Waals surface area contributed by atoms with Gasteiger partial charge in [-0.05, 0) is 18.1 Å². The van der Waals surface area contributed by atoms with Gasteiger partial charge in [-0.2, -0.15) is 5.10 Å². The third kappa shape index (κ3) is 3.29. The van der Waals surface area contributed by atoms with E-state index >= 15 is 0 Å². The second kappa shape index (κ2) is 6.44. The van der Waals surface area contributed by atoms with Crippen LogP contribution in [0, 0.1) is 0 Å². The standard InChI is InChI=1S/C18H16N2O3/c21-17(22)12-16-14-8-4-5-9-15(14)18(23)20(19-16)11-10-13-6-2-1-3-7-13/h1-9H,10-12H2,(H,21,22). The molecule has 0 saturated carbocycles. The highest BCUT2D eigenvalue weighted by atomic mass is 16.4. The summed E-state index contributed by atoms with van der Waals surface area (Å²) in [6.07, 6.45) is 0.463. The molecule has 1 N–H and O–H groups in total. The molecule has 0 atom stereocenters. The van der Waals surface area contributed by atoms with Gasteiger partial charge in [0.1, 0.15) is 0 Å². The molecule has 116 valence electrons. The van der Waals surface area contributed by atoms with Crippen molar-refractivity contribution in [3.8, 4) is 0 Å². The fourth-order valence-electron chi connectivity index (χ4n) is 2.61. The van der Waals surface area contributed by atoms with Gasteiger partial charge in [-0.1, -0.05) is 48.5 Å². The Kier molecular flexibility index (Phi) is 4.19. The van der Waals surface area contributed by atoms with Crippen molar-refractivity contribution in [2.24, 2.45) is 0 Å². The fraction of sp³-hybridized carbons (Fsp3) is 0.167. The summed E-state index contributed by atoms with van der Waals surface area (Å²) < 4.78 is 1.37. The molecule has 0 spiro atoms. The lowest BCUT2D eigenvalue weighted by atomic mass is 10.1. The summed E-state index contributed by atoms with van der Waals surface area (Å²) in [5.41, 5.74) is 1.33. The Balaban J connectivity index is 2.01. The molecule has 0 aliphatic rings. The lowest BCUT2D eigenvalue weighted by Crippen LogP contribution is -2.26. The zero-order valence-electron chi connectivity index (χ0n) is 12.5. The summed E-state index contributed by atoms with van der Waals surface area (Å²) in [6, 6.07) is 16.8. The van der Waals surface area contributed by atoms with Gasteiger partial charge >= 0.3 is 5.97 Å². The number of carboxylic acid groups (broad SMARTS) is 1. The number of rotatable bonds is 5. The number of aliphatic carboxylic acids is 1. The number of hydrogen-bond donors (Lipinski definition) is 1. The molecule has 0 saturated heterocycles. The van der Waals surface area contributed by atoms with Crippen LogP contribution in [0.3, 0.4) is 0 Å². The number of carbonyl (C=O) groups is 1. The summed E-state index contributed by atoms with van der Waals surface area (Å²) in [6.45, 7) is 0.417. The molecular formula is C18H16N2O3. The Morgan fingerprint density at radius 3 is 2.35 bits per heavy atom. The zero-order chi connectivity index (χ0) is 16.2. The molecule has 0 fully saturated rings. The van der Waals surface area contributed by atoms with E-state index in [2.05, 4.69) is 5.10 Å². The number of benzene rings is 2. The summed E-state index contributed by atoms with van der Waals surface area (Å²) in [7, 11) is 0. The summed E-state index contributed by atoms with van der Waals surface area (Å²) in [5.74, 6) is -0.962. The molecule has 0 unspecified atom stereocenters. The minimum absolute atomic E-state index is 0.189. The van der Waals surface area contributed by atoms with Crippen LogP contribution < -0.4 is 5.56 Å². The van der Waals surface area contributed by atoms with Crippen LogP contribution in [0.1, 0.15) is 11.3 Å². The maximum atomic E-state index is 12.5. The molecule has 0 amide bonds. The van der Waals surface area contributed by atoms with Crippen molar-refractivity contribution >= 4 is 16.7 Å². The van der Waals surface area contributed by atoms with Gasteiger partial charge in [0.2, 0.25) is 0 Å². The molecule has 1 heterocycles. The van der Waals surface area contributed by atoms with Crippen molar-refractivity contribution in [1.29, 1.82) is 0 Å². The first-order valence-corrected chi connectivity index (χ1v) is 7.39. The third-order valence-electron chi connectivity index (χ3n) is 3.72. The average Bonchev–Trinajstić information content (AvgIpc) is 2.57. The molecular weight excluding hydrogens is 292 g/mol. The van der Waals surface area contributed by atoms with E-state index in [1.54, 1.807) is 24.3 Å². The van der Waals surface area contributed by atoms with Crippen molar-refractivity contribution in [2.45, 2.75) is 19.4 Å². The predicted octanol–water partition coefficient (Wildman–Crippen LogP) is 2.27. The molecule has 0 aliphatic heterocycles. The van der Waals surface area contributed by atoms with Crippen LogP contribution in [0.4, 0.5) is 0 Å². The van der Waals surface area contributed by atoms with Crippen molar-refractivity contribution in [1.82, 2.24) is 9.78 Å². The topological polar surface area (TPSA) is 72.2 Å². The first-order chi connectivity index (χ1) is 11.1. The third-order valence-corrected chi connectivity index (χ3v) is 3.72. The number of nitrogens with zero attached hydrogens (tertiary/aromatic N) is 2. The zero-order valence-corrected chi connectivity index (χ0v) is 12.5. The fourth-order valence-corrected chi connectivity index (χ4v) is 2.61. The Labute approximate surface area is 132 Å². The highest BCUT2D eigenvalue weighted by Crippen LogP contribution is 2.14. The van der Waals surface area contributed by atoms with Crippen molar-refractivity contribution in [2.75, 3.05) is 0 Å². The largest absolute Gasteiger partial charge is 0.481 e. The van der Waals surface area contributed by atoms with E-state index in [0.717, 1.165) is 5.56 Å². The lowest BCUT2D eigenvalue weighted by Gasteiger charge is -2.10. The second-order valence-electron chi connectivity index (χ2n) is 5.33. The van der Waals surface area contributed by atoms with Crippen LogP contribution in [0.25, 0.3) is 10.8 Å². The average molecular weight is 308 g/mol. The summed E-state index contributed by atoms with van der Waals surface area (Å²) >= 11 is 0. The van der Waals surface area contributed by atoms with E-state index in [9.17, 15) is 9.59 Å². The molecule has 2 aromatic carbocycles. The van der Waals surface area contributed by atoms with Gasteiger partial charge in [0.15, 0.2) is 0 Å². The van der Waals surface area contributed by atoms with Crippen LogP contribution in [0.5, 0.6) is 0 Å². The number of fused-ring (bicyclic) bond motifs is 1. The van der Waals surface area contributed by atoms with Gasteiger partial charge in [-0.3, -0.25) is 9.59 Å². The van der Waals surface area contributed by atoms with Crippen molar-refractivity contribution in [3.63, 3.8) is 0 Å². The lowest BCUT2D eigenvalue weighted by molar-refractivity contribution is -0.136. The van der Waals surface area contributed by atoms with Crippen molar-refractivity contribution < 1.29 is 9.90 Å². The Morgan fingerprint density at radius 2 is 1.65 bits per heavy atom. The number of aromatic nitrogens is 2. The maximum Gasteiger partial charge on any atom is 0.309 e. The van der Waals surface area contributed by atoms with Gasteiger partial charge in [-0.25, -0.2) is 4.68 Å². The molecule has 3 rings (SSSR count). The molecule has 0 radical (unpaired) electrons. The minimum Gasteiger partial charge on any atom is -0.481 e. The molecule has 5 nitrogen and oxygen atoms in total. The molecule has 3 aromatic rings. The summed E-state index contributed by atoms with van der Waals surface area (Å²) in [4.78, 5) is 23.6. The van der Waals surface area contributed by atoms with E-state index in [0.29, 0.717) is 29.4 Å². The van der Waals surface area contributed by atoms with Gasteiger partial charge in [0.25, 0.3) is 5.56 Å². The first-order valence-electron chi connectivity index (χ1n) is 7.39. The van der Waals surface area contributed by atoms with Gasteiger partial charge in [0, 0.05) is 11.9 Å². The highest BCUT2D eigenvalue weighted by molar-refractivity contribution is 5.86.